The standard InChI is InChI=1S/C23H22N2O4/c26-18-7-4-8-21(27)20(12-10-18)25-14-16-13-17(9-11-19(16)23(25)29)24-22(28)15-5-2-1-3-6-15/h1-3,5-6,9,11,13,20H,4,7-8,10,12,14H2,(H,24,28). The number of hydrogen-bond donors (Lipinski definition) is 1. The van der Waals surface area contributed by atoms with E-state index in [2.05, 4.69) is 5.32 Å². The second-order valence-electron chi connectivity index (χ2n) is 7.54. The molecule has 0 aromatic heterocycles. The molecule has 1 heterocycles. The van der Waals surface area contributed by atoms with Gasteiger partial charge < -0.3 is 10.2 Å². The fourth-order valence-corrected chi connectivity index (χ4v) is 4.01. The van der Waals surface area contributed by atoms with Crippen molar-refractivity contribution in [3.8, 4) is 0 Å². The van der Waals surface area contributed by atoms with Gasteiger partial charge in [-0.2, -0.15) is 0 Å². The lowest BCUT2D eigenvalue weighted by Gasteiger charge is -2.27. The van der Waals surface area contributed by atoms with Crippen LogP contribution in [0.3, 0.4) is 0 Å². The Labute approximate surface area is 168 Å². The Hall–Kier alpha value is -3.28. The molecule has 6 nitrogen and oxygen atoms in total. The highest BCUT2D eigenvalue weighted by molar-refractivity contribution is 6.05. The number of carbonyl (C=O) groups is 4. The monoisotopic (exact) mass is 390 g/mol. The van der Waals surface area contributed by atoms with Crippen LogP contribution in [-0.4, -0.2) is 34.3 Å². The van der Waals surface area contributed by atoms with Crippen LogP contribution in [0, 0.1) is 0 Å². The number of ketones is 2. The molecule has 1 saturated carbocycles. The fraction of sp³-hybridized carbons (Fsp3) is 0.304. The second-order valence-corrected chi connectivity index (χ2v) is 7.54. The fourth-order valence-electron chi connectivity index (χ4n) is 4.01. The Kier molecular flexibility index (Phi) is 5.25. The number of amides is 2. The molecule has 148 valence electrons. The highest BCUT2D eigenvalue weighted by Crippen LogP contribution is 2.30. The molecule has 2 aromatic carbocycles. The third-order valence-corrected chi connectivity index (χ3v) is 5.55. The Morgan fingerprint density at radius 2 is 1.76 bits per heavy atom. The summed E-state index contributed by atoms with van der Waals surface area (Å²) in [6, 6.07) is 13.5. The minimum absolute atomic E-state index is 0.0243. The first kappa shape index (κ1) is 19.1. The van der Waals surface area contributed by atoms with Gasteiger partial charge in [0.15, 0.2) is 5.78 Å². The van der Waals surface area contributed by atoms with Crippen LogP contribution < -0.4 is 5.32 Å². The minimum Gasteiger partial charge on any atom is -0.324 e. The van der Waals surface area contributed by atoms with Crippen LogP contribution in [0.2, 0.25) is 0 Å². The van der Waals surface area contributed by atoms with Crippen molar-refractivity contribution in [2.45, 2.75) is 44.7 Å². The van der Waals surface area contributed by atoms with Gasteiger partial charge in [-0.3, -0.25) is 19.2 Å². The molecule has 6 heteroatoms. The Balaban J connectivity index is 1.51. The maximum atomic E-state index is 12.9. The van der Waals surface area contributed by atoms with E-state index in [-0.39, 0.29) is 23.4 Å². The van der Waals surface area contributed by atoms with Gasteiger partial charge in [0.2, 0.25) is 0 Å². The van der Waals surface area contributed by atoms with E-state index in [1.54, 1.807) is 47.4 Å². The average molecular weight is 390 g/mol. The summed E-state index contributed by atoms with van der Waals surface area (Å²) in [7, 11) is 0. The lowest BCUT2D eigenvalue weighted by atomic mass is 9.94. The predicted octanol–water partition coefficient (Wildman–Crippen LogP) is 3.37. The third kappa shape index (κ3) is 3.97. The van der Waals surface area contributed by atoms with Gasteiger partial charge in [-0.1, -0.05) is 18.2 Å². The van der Waals surface area contributed by atoms with E-state index in [0.717, 1.165) is 5.56 Å². The molecule has 0 bridgehead atoms. The normalized spacial score (nSPS) is 19.5. The lowest BCUT2D eigenvalue weighted by molar-refractivity contribution is -0.126. The SMILES string of the molecule is O=C1CCCC(=O)C(N2Cc3cc(NC(=O)c4ccccc4)ccc3C2=O)CC1. The number of anilines is 1. The Bertz CT molecular complexity index is 984. The zero-order valence-corrected chi connectivity index (χ0v) is 16.0. The summed E-state index contributed by atoms with van der Waals surface area (Å²) >= 11 is 0. The summed E-state index contributed by atoms with van der Waals surface area (Å²) in [5.74, 6) is -0.235. The number of benzene rings is 2. The molecule has 29 heavy (non-hydrogen) atoms. The lowest BCUT2D eigenvalue weighted by Crippen LogP contribution is -2.42. The van der Waals surface area contributed by atoms with Crippen molar-refractivity contribution >= 4 is 29.1 Å². The molecule has 1 N–H and O–H groups in total. The smallest absolute Gasteiger partial charge is 0.255 e. The van der Waals surface area contributed by atoms with Crippen LogP contribution in [0.1, 0.15) is 58.4 Å². The third-order valence-electron chi connectivity index (χ3n) is 5.55. The molecule has 0 saturated heterocycles. The van der Waals surface area contributed by atoms with E-state index in [4.69, 9.17) is 0 Å². The maximum Gasteiger partial charge on any atom is 0.255 e. The zero-order valence-electron chi connectivity index (χ0n) is 16.0. The summed E-state index contributed by atoms with van der Waals surface area (Å²) in [6.45, 7) is 0.313. The quantitative estimate of drug-likeness (QED) is 0.871. The van der Waals surface area contributed by atoms with E-state index in [1.807, 2.05) is 6.07 Å². The molecular formula is C23H22N2O4. The van der Waals surface area contributed by atoms with E-state index in [0.29, 0.717) is 55.5 Å². The van der Waals surface area contributed by atoms with Gasteiger partial charge in [-0.25, -0.2) is 0 Å². The van der Waals surface area contributed by atoms with Gasteiger partial charge in [0.05, 0.1) is 6.04 Å². The van der Waals surface area contributed by atoms with Crippen LogP contribution in [-0.2, 0) is 16.1 Å². The topological polar surface area (TPSA) is 83.6 Å². The molecule has 0 spiro atoms. The molecule has 1 unspecified atom stereocenters. The molecule has 2 aromatic rings. The first-order valence-electron chi connectivity index (χ1n) is 9.87. The zero-order chi connectivity index (χ0) is 20.4. The number of Topliss-reactive ketones (excluding diaryl/α,β-unsaturated/α-hetero) is 2. The minimum atomic E-state index is -0.554. The van der Waals surface area contributed by atoms with E-state index in [9.17, 15) is 19.2 Å². The van der Waals surface area contributed by atoms with Crippen molar-refractivity contribution in [3.63, 3.8) is 0 Å². The number of fused-ring (bicyclic) bond motifs is 1. The van der Waals surface area contributed by atoms with E-state index < -0.39 is 6.04 Å². The summed E-state index contributed by atoms with van der Waals surface area (Å²) < 4.78 is 0. The predicted molar refractivity (Wildman–Crippen MR) is 108 cm³/mol. The Morgan fingerprint density at radius 1 is 0.966 bits per heavy atom. The molecular weight excluding hydrogens is 368 g/mol. The number of rotatable bonds is 3. The van der Waals surface area contributed by atoms with Crippen molar-refractivity contribution in [2.24, 2.45) is 0 Å². The Morgan fingerprint density at radius 3 is 2.55 bits per heavy atom. The molecule has 0 radical (unpaired) electrons. The first-order chi connectivity index (χ1) is 14.0. The van der Waals surface area contributed by atoms with Gasteiger partial charge in [-0.05, 0) is 48.7 Å². The number of carbonyl (C=O) groups excluding carboxylic acids is 4. The van der Waals surface area contributed by atoms with Crippen LogP contribution in [0.5, 0.6) is 0 Å². The largest absolute Gasteiger partial charge is 0.324 e. The summed E-state index contributed by atoms with van der Waals surface area (Å²) in [5, 5.41) is 2.85. The summed E-state index contributed by atoms with van der Waals surface area (Å²) in [6.07, 6.45) is 2.04. The summed E-state index contributed by atoms with van der Waals surface area (Å²) in [4.78, 5) is 51.2. The van der Waals surface area contributed by atoms with Crippen molar-refractivity contribution < 1.29 is 19.2 Å². The van der Waals surface area contributed by atoms with Gasteiger partial charge >= 0.3 is 0 Å². The molecule has 1 aliphatic carbocycles. The summed E-state index contributed by atoms with van der Waals surface area (Å²) in [5.41, 5.74) is 2.48. The van der Waals surface area contributed by atoms with Crippen molar-refractivity contribution in [1.29, 1.82) is 0 Å². The van der Waals surface area contributed by atoms with E-state index >= 15 is 0 Å². The molecule has 1 atom stereocenters. The number of hydrogen-bond acceptors (Lipinski definition) is 4. The van der Waals surface area contributed by atoms with Crippen LogP contribution in [0.25, 0.3) is 0 Å². The van der Waals surface area contributed by atoms with Crippen molar-refractivity contribution in [3.05, 3.63) is 65.2 Å². The van der Waals surface area contributed by atoms with Crippen LogP contribution in [0.15, 0.2) is 48.5 Å². The molecule has 4 rings (SSSR count). The van der Waals surface area contributed by atoms with Gasteiger partial charge in [0, 0.05) is 42.6 Å². The van der Waals surface area contributed by atoms with Crippen molar-refractivity contribution in [2.75, 3.05) is 5.32 Å². The van der Waals surface area contributed by atoms with Gasteiger partial charge in [0.25, 0.3) is 11.8 Å². The van der Waals surface area contributed by atoms with Crippen LogP contribution >= 0.6 is 0 Å². The average Bonchev–Trinajstić information content (AvgIpc) is 3.03. The van der Waals surface area contributed by atoms with Crippen LogP contribution in [0.4, 0.5) is 5.69 Å². The molecule has 1 fully saturated rings. The van der Waals surface area contributed by atoms with Gasteiger partial charge in [0.1, 0.15) is 5.78 Å². The van der Waals surface area contributed by atoms with Crippen molar-refractivity contribution in [1.82, 2.24) is 4.90 Å². The van der Waals surface area contributed by atoms with E-state index in [1.165, 1.54) is 0 Å². The highest BCUT2D eigenvalue weighted by atomic mass is 16.2. The molecule has 1 aliphatic heterocycles. The number of nitrogens with zero attached hydrogens (tertiary/aromatic N) is 1. The van der Waals surface area contributed by atoms with Gasteiger partial charge in [-0.15, -0.1) is 0 Å². The maximum absolute atomic E-state index is 12.9. The second kappa shape index (κ2) is 7.99. The highest BCUT2D eigenvalue weighted by Gasteiger charge is 2.36. The number of nitrogens with one attached hydrogen (secondary N) is 1. The molecule has 2 amide bonds. The molecule has 2 aliphatic rings. The first-order valence-corrected chi connectivity index (χ1v) is 9.87.